The molecule has 0 bridgehead atoms. The van der Waals surface area contributed by atoms with Crippen LogP contribution in [0.25, 0.3) is 0 Å². The van der Waals surface area contributed by atoms with Crippen LogP contribution in [-0.2, 0) is 15.6 Å². The molecule has 0 heterocycles. The lowest BCUT2D eigenvalue weighted by Crippen LogP contribution is -1.84. The lowest BCUT2D eigenvalue weighted by molar-refractivity contribution is 0.313. The van der Waals surface area contributed by atoms with Gasteiger partial charge in [0.25, 0.3) is 0 Å². The van der Waals surface area contributed by atoms with Gasteiger partial charge in [-0.05, 0) is 0 Å². The lowest BCUT2D eigenvalue weighted by atomic mass is 13.4. The number of hydrogen-bond acceptors (Lipinski definition) is 5. The molecule has 6 heavy (non-hydrogen) atoms. The van der Waals surface area contributed by atoms with Gasteiger partial charge in [0, 0.05) is 0 Å². The third-order valence-electron chi connectivity index (χ3n) is 0.0913. The van der Waals surface area contributed by atoms with Gasteiger partial charge in [-0.15, -0.1) is 4.91 Å². The SMILES string of the molecule is O=NOS(=O)[O-]. The molecule has 0 aliphatic heterocycles. The van der Waals surface area contributed by atoms with Gasteiger partial charge in [0.1, 0.15) is 0 Å². The first-order chi connectivity index (χ1) is 2.77. The average Bonchev–Trinajstić information content (AvgIpc) is 1.35. The Morgan fingerprint density at radius 1 is 1.83 bits per heavy atom. The maximum Gasteiger partial charge on any atom is 0.173 e. The predicted octanol–water partition coefficient (Wildman–Crippen LogP) is -0.521. The predicted molar refractivity (Wildman–Crippen MR) is 15.8 cm³/mol. The van der Waals surface area contributed by atoms with Crippen LogP contribution in [0.5, 0.6) is 0 Å². The molecule has 0 N–H and O–H groups in total. The van der Waals surface area contributed by atoms with Crippen molar-refractivity contribution in [2.45, 2.75) is 0 Å². The summed E-state index contributed by atoms with van der Waals surface area (Å²) in [6.07, 6.45) is 0. The summed E-state index contributed by atoms with van der Waals surface area (Å²) < 4.78 is 21.2. The van der Waals surface area contributed by atoms with Crippen LogP contribution in [0.15, 0.2) is 5.34 Å². The van der Waals surface area contributed by atoms with E-state index in [0.29, 0.717) is 0 Å². The molecule has 0 saturated heterocycles. The third-order valence-corrected chi connectivity index (χ3v) is 0.274. The molecule has 0 rings (SSSR count). The highest BCUT2D eigenvalue weighted by molar-refractivity contribution is 7.74. The average molecular weight is 110 g/mol. The van der Waals surface area contributed by atoms with Crippen LogP contribution >= 0.6 is 0 Å². The van der Waals surface area contributed by atoms with E-state index in [0.717, 1.165) is 0 Å². The Labute approximate surface area is 35.7 Å². The summed E-state index contributed by atoms with van der Waals surface area (Å²) in [6.45, 7) is 0. The number of nitrogens with zero attached hydrogens (tertiary/aromatic N) is 1. The smallest absolute Gasteiger partial charge is 0.173 e. The molecule has 0 aliphatic carbocycles. The first kappa shape index (κ1) is 5.51. The summed E-state index contributed by atoms with van der Waals surface area (Å²) in [5.74, 6) is 0. The van der Waals surface area contributed by atoms with E-state index in [1.165, 1.54) is 0 Å². The fourth-order valence-electron chi connectivity index (χ4n) is 0.0248. The maximum atomic E-state index is 9.08. The van der Waals surface area contributed by atoms with E-state index >= 15 is 0 Å². The van der Waals surface area contributed by atoms with E-state index in [1.807, 2.05) is 0 Å². The zero-order valence-electron chi connectivity index (χ0n) is 2.49. The van der Waals surface area contributed by atoms with Crippen LogP contribution in [-0.4, -0.2) is 8.76 Å². The van der Waals surface area contributed by atoms with Gasteiger partial charge in [0.15, 0.2) is 16.7 Å². The van der Waals surface area contributed by atoms with Crippen LogP contribution in [0, 0.1) is 4.91 Å². The van der Waals surface area contributed by atoms with E-state index in [1.54, 1.807) is 5.34 Å². The highest BCUT2D eigenvalue weighted by Crippen LogP contribution is 1.73. The third kappa shape index (κ3) is 3.51. The van der Waals surface area contributed by atoms with Crippen molar-refractivity contribution in [3.63, 3.8) is 0 Å². The van der Waals surface area contributed by atoms with Crippen LogP contribution in [0.4, 0.5) is 0 Å². The molecule has 0 aromatic heterocycles. The van der Waals surface area contributed by atoms with Crippen molar-refractivity contribution in [3.8, 4) is 0 Å². The minimum atomic E-state index is -2.79. The van der Waals surface area contributed by atoms with Crippen molar-refractivity contribution >= 4 is 11.4 Å². The van der Waals surface area contributed by atoms with Crippen molar-refractivity contribution in [1.82, 2.24) is 0 Å². The molecule has 0 aromatic rings. The standard InChI is InChI=1S/HNO4S/c2-1-5-6(3)4/h(H,3,4)/p-1. The Bertz CT molecular complexity index is 67.9. The Morgan fingerprint density at radius 2 is 2.33 bits per heavy atom. The first-order valence-electron chi connectivity index (χ1n) is 0.865. The lowest BCUT2D eigenvalue weighted by Gasteiger charge is -1.91. The van der Waals surface area contributed by atoms with Gasteiger partial charge in [-0.1, -0.05) is 0 Å². The summed E-state index contributed by atoms with van der Waals surface area (Å²) in [6, 6.07) is 0. The van der Waals surface area contributed by atoms with Gasteiger partial charge < -0.3 is 4.55 Å². The molecule has 6 heteroatoms. The van der Waals surface area contributed by atoms with Gasteiger partial charge >= 0.3 is 0 Å². The van der Waals surface area contributed by atoms with Crippen molar-refractivity contribution in [2.24, 2.45) is 5.34 Å². The Balaban J connectivity index is 3.05. The maximum absolute atomic E-state index is 9.08. The van der Waals surface area contributed by atoms with Crippen LogP contribution in [0.2, 0.25) is 0 Å². The monoisotopic (exact) mass is 110 g/mol. The minimum Gasteiger partial charge on any atom is -0.738 e. The van der Waals surface area contributed by atoms with Gasteiger partial charge in [-0.2, -0.15) is 0 Å². The van der Waals surface area contributed by atoms with Crippen molar-refractivity contribution < 1.29 is 13.0 Å². The van der Waals surface area contributed by atoms with E-state index in [4.69, 9.17) is 13.7 Å². The fraction of sp³-hybridized carbons (Fsp3) is 0. The van der Waals surface area contributed by atoms with E-state index in [-0.39, 0.29) is 0 Å². The van der Waals surface area contributed by atoms with Crippen LogP contribution in [0.3, 0.4) is 0 Å². The molecular weight excluding hydrogens is 110 g/mol. The Hall–Kier alpha value is -0.490. The van der Waals surface area contributed by atoms with Gasteiger partial charge in [0.2, 0.25) is 0 Å². The topological polar surface area (TPSA) is 78.8 Å². The van der Waals surface area contributed by atoms with Crippen LogP contribution < -0.4 is 0 Å². The highest BCUT2D eigenvalue weighted by atomic mass is 32.2. The molecule has 0 spiro atoms. The molecule has 1 atom stereocenters. The second kappa shape index (κ2) is 2.73. The zero-order chi connectivity index (χ0) is 4.99. The summed E-state index contributed by atoms with van der Waals surface area (Å²) >= 11 is -2.79. The molecule has 0 fully saturated rings. The van der Waals surface area contributed by atoms with Gasteiger partial charge in [0.05, 0.1) is 0 Å². The van der Waals surface area contributed by atoms with E-state index < -0.39 is 11.4 Å². The second-order valence-corrected chi connectivity index (χ2v) is 0.911. The second-order valence-electron chi connectivity index (χ2n) is 0.353. The van der Waals surface area contributed by atoms with Crippen molar-refractivity contribution in [2.75, 3.05) is 0 Å². The number of rotatable bonds is 2. The van der Waals surface area contributed by atoms with Gasteiger partial charge in [-0.3, -0.25) is 4.28 Å². The molecule has 36 valence electrons. The molecule has 1 unspecified atom stereocenters. The first-order valence-corrected chi connectivity index (χ1v) is 1.87. The van der Waals surface area contributed by atoms with E-state index in [9.17, 15) is 0 Å². The van der Waals surface area contributed by atoms with Crippen LogP contribution in [0.1, 0.15) is 0 Å². The van der Waals surface area contributed by atoms with Crippen molar-refractivity contribution in [3.05, 3.63) is 4.91 Å². The minimum absolute atomic E-state index is 1.57. The van der Waals surface area contributed by atoms with Gasteiger partial charge in [-0.25, -0.2) is 4.21 Å². The summed E-state index contributed by atoms with van der Waals surface area (Å²) in [5, 5.41) is 1.57. The van der Waals surface area contributed by atoms with Crippen molar-refractivity contribution in [1.29, 1.82) is 0 Å². The summed E-state index contributed by atoms with van der Waals surface area (Å²) in [7, 11) is 0. The molecule has 0 amide bonds. The quantitative estimate of drug-likeness (QED) is 0.272. The van der Waals surface area contributed by atoms with E-state index in [2.05, 4.69) is 4.28 Å². The summed E-state index contributed by atoms with van der Waals surface area (Å²) in [5.41, 5.74) is 0. The molecule has 0 aromatic carbocycles. The number of hydrogen-bond donors (Lipinski definition) is 0. The molecular formula is NO4S-. The zero-order valence-corrected chi connectivity index (χ0v) is 3.30. The fourth-order valence-corrected chi connectivity index (χ4v) is 0.0745. The largest absolute Gasteiger partial charge is 0.738 e. The summed E-state index contributed by atoms with van der Waals surface area (Å²) in [4.78, 5) is 8.75. The Kier molecular flexibility index (Phi) is 2.51. The molecule has 5 nitrogen and oxygen atoms in total. The highest BCUT2D eigenvalue weighted by Gasteiger charge is 1.70. The normalized spacial score (nSPS) is 12.8. The Morgan fingerprint density at radius 3 is 2.33 bits per heavy atom. The molecule has 0 saturated carbocycles. The molecule has 0 aliphatic rings. The molecule has 0 radical (unpaired) electrons.